The largest absolute Gasteiger partial charge is 0.326 e. The number of carbonyl (C=O) groups excluding carboxylic acids is 2. The predicted molar refractivity (Wildman–Crippen MR) is 113 cm³/mol. The van der Waals surface area contributed by atoms with Crippen LogP contribution in [0.25, 0.3) is 11.3 Å². The van der Waals surface area contributed by atoms with Crippen molar-refractivity contribution in [2.24, 2.45) is 0 Å². The van der Waals surface area contributed by atoms with Crippen LogP contribution in [0.1, 0.15) is 19.4 Å². The Morgan fingerprint density at radius 3 is 2.48 bits per heavy atom. The van der Waals surface area contributed by atoms with E-state index in [0.717, 1.165) is 28.4 Å². The van der Waals surface area contributed by atoms with E-state index in [9.17, 15) is 23.2 Å². The van der Waals surface area contributed by atoms with E-state index in [0.29, 0.717) is 23.4 Å². The summed E-state index contributed by atoms with van der Waals surface area (Å²) < 4.78 is 27.9. The number of hydrogen-bond acceptors (Lipinski definition) is 4. The number of hydrogen-bond donors (Lipinski definition) is 2. The van der Waals surface area contributed by atoms with Crippen LogP contribution in [0, 0.1) is 11.6 Å². The monoisotopic (exact) mass is 426 g/mol. The minimum absolute atomic E-state index is 0.217. The molecule has 3 rings (SSSR count). The number of halogens is 2. The van der Waals surface area contributed by atoms with Gasteiger partial charge in [-0.05, 0) is 36.2 Å². The van der Waals surface area contributed by atoms with Gasteiger partial charge in [-0.2, -0.15) is 5.10 Å². The molecule has 0 bridgehead atoms. The fourth-order valence-electron chi connectivity index (χ4n) is 2.99. The molecule has 0 spiro atoms. The Morgan fingerprint density at radius 1 is 1.00 bits per heavy atom. The fraction of sp³-hybridized carbons (Fsp3) is 0.182. The number of nitrogens with zero attached hydrogens (tertiary/aromatic N) is 2. The number of rotatable bonds is 6. The van der Waals surface area contributed by atoms with E-state index >= 15 is 0 Å². The van der Waals surface area contributed by atoms with Crippen molar-refractivity contribution in [1.82, 2.24) is 9.78 Å². The van der Waals surface area contributed by atoms with Crippen molar-refractivity contribution in [2.75, 3.05) is 10.6 Å². The van der Waals surface area contributed by atoms with Gasteiger partial charge >= 0.3 is 0 Å². The molecule has 0 saturated heterocycles. The van der Waals surface area contributed by atoms with Crippen molar-refractivity contribution in [3.63, 3.8) is 0 Å². The Labute approximate surface area is 176 Å². The average Bonchev–Trinajstić information content (AvgIpc) is 2.72. The van der Waals surface area contributed by atoms with E-state index in [1.54, 1.807) is 12.1 Å². The first kappa shape index (κ1) is 21.8. The minimum atomic E-state index is -0.801. The van der Waals surface area contributed by atoms with Gasteiger partial charge in [0.15, 0.2) is 0 Å². The first-order valence-electron chi connectivity index (χ1n) is 9.50. The molecule has 160 valence electrons. The van der Waals surface area contributed by atoms with Gasteiger partial charge in [0, 0.05) is 30.3 Å². The Hall–Kier alpha value is -3.88. The number of amides is 2. The summed E-state index contributed by atoms with van der Waals surface area (Å²) in [4.78, 5) is 35.9. The van der Waals surface area contributed by atoms with Crippen molar-refractivity contribution in [1.29, 1.82) is 0 Å². The molecule has 0 unspecified atom stereocenters. The third-order valence-electron chi connectivity index (χ3n) is 4.46. The van der Waals surface area contributed by atoms with Gasteiger partial charge in [-0.1, -0.05) is 19.1 Å². The highest BCUT2D eigenvalue weighted by Gasteiger charge is 2.12. The van der Waals surface area contributed by atoms with E-state index in [-0.39, 0.29) is 11.6 Å². The van der Waals surface area contributed by atoms with E-state index in [2.05, 4.69) is 15.7 Å². The molecule has 1 aromatic heterocycles. The van der Waals surface area contributed by atoms with Crippen molar-refractivity contribution >= 4 is 23.2 Å². The SMILES string of the molecule is CCc1ccc(-c2ccc(=O)n(CC(=O)Nc3cc(F)ccc3F)n2)cc1NC(C)=O. The summed E-state index contributed by atoms with van der Waals surface area (Å²) in [5, 5.41) is 9.20. The molecule has 0 saturated carbocycles. The fourth-order valence-corrected chi connectivity index (χ4v) is 2.99. The molecule has 0 aliphatic rings. The van der Waals surface area contributed by atoms with Crippen LogP contribution in [0.3, 0.4) is 0 Å². The molecule has 2 aromatic carbocycles. The second-order valence-corrected chi connectivity index (χ2v) is 6.79. The summed E-state index contributed by atoms with van der Waals surface area (Å²) >= 11 is 0. The van der Waals surface area contributed by atoms with Crippen LogP contribution in [0.5, 0.6) is 0 Å². The van der Waals surface area contributed by atoms with Crippen molar-refractivity contribution in [2.45, 2.75) is 26.8 Å². The van der Waals surface area contributed by atoms with E-state index < -0.39 is 29.6 Å². The molecule has 9 heteroatoms. The van der Waals surface area contributed by atoms with Crippen LogP contribution < -0.4 is 16.2 Å². The lowest BCUT2D eigenvalue weighted by molar-refractivity contribution is -0.117. The molecule has 1 heterocycles. The quantitative estimate of drug-likeness (QED) is 0.632. The smallest absolute Gasteiger partial charge is 0.267 e. The van der Waals surface area contributed by atoms with Crippen LogP contribution in [-0.4, -0.2) is 21.6 Å². The summed E-state index contributed by atoms with van der Waals surface area (Å²) in [5.41, 5.74) is 1.73. The molecule has 2 N–H and O–H groups in total. The molecule has 0 fully saturated rings. The maximum absolute atomic E-state index is 13.7. The molecule has 0 atom stereocenters. The van der Waals surface area contributed by atoms with Crippen LogP contribution in [0.2, 0.25) is 0 Å². The maximum atomic E-state index is 13.7. The predicted octanol–water partition coefficient (Wildman–Crippen LogP) is 3.35. The molecular formula is C22H20F2N4O3. The highest BCUT2D eigenvalue weighted by Crippen LogP contribution is 2.24. The molecule has 7 nitrogen and oxygen atoms in total. The maximum Gasteiger partial charge on any atom is 0.267 e. The van der Waals surface area contributed by atoms with Crippen molar-refractivity contribution in [3.8, 4) is 11.3 Å². The summed E-state index contributed by atoms with van der Waals surface area (Å²) in [6, 6.07) is 10.8. The third-order valence-corrected chi connectivity index (χ3v) is 4.46. The second-order valence-electron chi connectivity index (χ2n) is 6.79. The van der Waals surface area contributed by atoms with Gasteiger partial charge in [-0.15, -0.1) is 0 Å². The van der Waals surface area contributed by atoms with E-state index in [1.807, 2.05) is 13.0 Å². The number of carbonyl (C=O) groups is 2. The number of aryl methyl sites for hydroxylation is 1. The summed E-state index contributed by atoms with van der Waals surface area (Å²) in [5.74, 6) is -2.47. The molecule has 31 heavy (non-hydrogen) atoms. The lowest BCUT2D eigenvalue weighted by Gasteiger charge is -2.12. The number of benzene rings is 2. The van der Waals surface area contributed by atoms with Crippen molar-refractivity contribution < 1.29 is 18.4 Å². The third kappa shape index (κ3) is 5.39. The second kappa shape index (κ2) is 9.29. The number of anilines is 2. The summed E-state index contributed by atoms with van der Waals surface area (Å²) in [6.07, 6.45) is 0.708. The van der Waals surface area contributed by atoms with Crippen LogP contribution in [0.4, 0.5) is 20.2 Å². The van der Waals surface area contributed by atoms with Gasteiger partial charge in [0.2, 0.25) is 11.8 Å². The van der Waals surface area contributed by atoms with Crippen molar-refractivity contribution in [3.05, 3.63) is 76.1 Å². The van der Waals surface area contributed by atoms with Gasteiger partial charge in [-0.3, -0.25) is 14.4 Å². The zero-order chi connectivity index (χ0) is 22.5. The van der Waals surface area contributed by atoms with Gasteiger partial charge in [0.25, 0.3) is 5.56 Å². The number of aromatic nitrogens is 2. The first-order chi connectivity index (χ1) is 14.8. The van der Waals surface area contributed by atoms with Gasteiger partial charge in [0.05, 0.1) is 11.4 Å². The Bertz CT molecular complexity index is 1210. The summed E-state index contributed by atoms with van der Waals surface area (Å²) in [6.45, 7) is 2.87. The lowest BCUT2D eigenvalue weighted by atomic mass is 10.0. The molecular weight excluding hydrogens is 406 g/mol. The summed E-state index contributed by atoms with van der Waals surface area (Å²) in [7, 11) is 0. The Morgan fingerprint density at radius 2 is 1.77 bits per heavy atom. The number of nitrogens with one attached hydrogen (secondary N) is 2. The highest BCUT2D eigenvalue weighted by molar-refractivity contribution is 5.91. The van der Waals surface area contributed by atoms with Crippen LogP contribution in [-0.2, 0) is 22.6 Å². The van der Waals surface area contributed by atoms with E-state index in [1.165, 1.54) is 19.1 Å². The average molecular weight is 426 g/mol. The zero-order valence-corrected chi connectivity index (χ0v) is 16.9. The normalized spacial score (nSPS) is 10.6. The molecule has 3 aromatic rings. The minimum Gasteiger partial charge on any atom is -0.326 e. The van der Waals surface area contributed by atoms with Crippen LogP contribution in [0.15, 0.2) is 53.3 Å². The van der Waals surface area contributed by atoms with Gasteiger partial charge in [0.1, 0.15) is 18.2 Å². The van der Waals surface area contributed by atoms with Gasteiger partial charge < -0.3 is 10.6 Å². The topological polar surface area (TPSA) is 93.1 Å². The molecule has 0 radical (unpaired) electrons. The lowest BCUT2D eigenvalue weighted by Crippen LogP contribution is -2.29. The Kier molecular flexibility index (Phi) is 6.54. The zero-order valence-electron chi connectivity index (χ0n) is 16.9. The highest BCUT2D eigenvalue weighted by atomic mass is 19.1. The Balaban J connectivity index is 1.86. The first-order valence-corrected chi connectivity index (χ1v) is 9.50. The van der Waals surface area contributed by atoms with Crippen LogP contribution >= 0.6 is 0 Å². The molecule has 2 amide bonds. The standard InChI is InChI=1S/C22H20F2N4O3/c1-3-14-4-5-15(10-19(14)25-13(2)29)18-8-9-22(31)28(27-18)12-21(30)26-20-11-16(23)6-7-17(20)24/h4-11H,3,12H2,1-2H3,(H,25,29)(H,26,30). The van der Waals surface area contributed by atoms with Gasteiger partial charge in [-0.25, -0.2) is 13.5 Å². The van der Waals surface area contributed by atoms with E-state index in [4.69, 9.17) is 0 Å². The molecule has 0 aliphatic carbocycles. The molecule has 0 aliphatic heterocycles.